The minimum absolute atomic E-state index is 0.332. The van der Waals surface area contributed by atoms with Gasteiger partial charge >= 0.3 is 0 Å². The van der Waals surface area contributed by atoms with Crippen LogP contribution in [0.25, 0.3) is 0 Å². The number of piperazine rings is 1. The van der Waals surface area contributed by atoms with E-state index in [1.807, 2.05) is 0 Å². The molecule has 1 aromatic rings. The van der Waals surface area contributed by atoms with Crippen molar-refractivity contribution in [2.24, 2.45) is 0 Å². The summed E-state index contributed by atoms with van der Waals surface area (Å²) in [7, 11) is 0. The van der Waals surface area contributed by atoms with Gasteiger partial charge in [-0.25, -0.2) is 0 Å². The van der Waals surface area contributed by atoms with Gasteiger partial charge in [0.25, 0.3) is 12.1 Å². The van der Waals surface area contributed by atoms with E-state index >= 15 is 0 Å². The third kappa shape index (κ3) is 2.51. The average molecular weight is 233 g/mol. The fourth-order valence-electron chi connectivity index (χ4n) is 1.67. The molecule has 1 fully saturated rings. The van der Waals surface area contributed by atoms with Gasteiger partial charge in [0, 0.05) is 25.5 Å². The van der Waals surface area contributed by atoms with E-state index < -0.39 is 0 Å². The highest BCUT2D eigenvalue weighted by molar-refractivity contribution is 6.18. The van der Waals surface area contributed by atoms with Crippen LogP contribution in [-0.4, -0.2) is 48.8 Å². The van der Waals surface area contributed by atoms with Gasteiger partial charge in [-0.1, -0.05) is 0 Å². The number of nitrogen functional groups attached to an aromatic ring is 1. The Balaban J connectivity index is 1.88. The molecule has 15 heavy (non-hydrogen) atoms. The highest BCUT2D eigenvalue weighted by Gasteiger charge is 2.24. The zero-order valence-corrected chi connectivity index (χ0v) is 9.23. The van der Waals surface area contributed by atoms with Crippen molar-refractivity contribution < 1.29 is 9.31 Å². The molecule has 2 rings (SSSR count). The van der Waals surface area contributed by atoms with Crippen LogP contribution < -0.4 is 15.5 Å². The van der Waals surface area contributed by atoms with Crippen LogP contribution in [0, 0.1) is 0 Å². The van der Waals surface area contributed by atoms with E-state index in [2.05, 4.69) is 15.2 Å². The van der Waals surface area contributed by atoms with E-state index in [-0.39, 0.29) is 0 Å². The van der Waals surface area contributed by atoms with Crippen LogP contribution in [-0.2, 0) is 0 Å². The summed E-state index contributed by atoms with van der Waals surface area (Å²) < 4.78 is 4.81. The molecule has 0 atom stereocenters. The molecule has 1 aliphatic rings. The highest BCUT2D eigenvalue weighted by atomic mass is 35.5. The summed E-state index contributed by atoms with van der Waals surface area (Å²) in [4.78, 5) is 3.99. The molecule has 7 heteroatoms. The van der Waals surface area contributed by atoms with E-state index in [0.29, 0.717) is 11.8 Å². The van der Waals surface area contributed by atoms with Crippen molar-refractivity contribution in [1.82, 2.24) is 10.2 Å². The van der Waals surface area contributed by atoms with Gasteiger partial charge in [-0.15, -0.1) is 11.6 Å². The monoisotopic (exact) mass is 232 g/mol. The van der Waals surface area contributed by atoms with Crippen molar-refractivity contribution >= 4 is 17.5 Å². The lowest BCUT2D eigenvalue weighted by atomic mass is 10.3. The molecule has 6 nitrogen and oxygen atoms in total. The van der Waals surface area contributed by atoms with Crippen molar-refractivity contribution in [1.29, 1.82) is 0 Å². The molecule has 1 saturated heterocycles. The molecular formula is C8H15ClN5O+. The third-order valence-corrected chi connectivity index (χ3v) is 2.68. The number of nitrogens with zero attached hydrogens (tertiary/aromatic N) is 4. The molecule has 2 heterocycles. The summed E-state index contributed by atoms with van der Waals surface area (Å²) in [5.74, 6) is 1.02. The van der Waals surface area contributed by atoms with E-state index in [1.54, 1.807) is 11.0 Å². The normalized spacial score (nSPS) is 18.3. The molecule has 2 N–H and O–H groups in total. The Bertz CT molecular complexity index is 310. The van der Waals surface area contributed by atoms with E-state index in [4.69, 9.17) is 21.9 Å². The first kappa shape index (κ1) is 10.5. The lowest BCUT2D eigenvalue weighted by Gasteiger charge is -2.29. The Kier molecular flexibility index (Phi) is 3.27. The summed E-state index contributed by atoms with van der Waals surface area (Å²) >= 11 is 5.69. The van der Waals surface area contributed by atoms with Gasteiger partial charge in [0.05, 0.1) is 17.9 Å². The fraction of sp³-hybridized carbons (Fsp3) is 0.750. The molecule has 0 spiro atoms. The number of hydrogen-bond acceptors (Lipinski definition) is 5. The van der Waals surface area contributed by atoms with Gasteiger partial charge in [-0.2, -0.15) is 5.01 Å². The molecular weight excluding hydrogens is 218 g/mol. The van der Waals surface area contributed by atoms with Crippen molar-refractivity contribution in [2.75, 3.05) is 49.3 Å². The first-order valence-corrected chi connectivity index (χ1v) is 5.51. The topological polar surface area (TPSA) is 62.4 Å². The zero-order valence-electron chi connectivity index (χ0n) is 8.47. The van der Waals surface area contributed by atoms with Gasteiger partial charge < -0.3 is 5.73 Å². The number of nitrogens with two attached hydrogens (primary N) is 1. The van der Waals surface area contributed by atoms with Crippen LogP contribution in [0.2, 0.25) is 0 Å². The zero-order chi connectivity index (χ0) is 10.7. The molecule has 1 aromatic heterocycles. The minimum Gasteiger partial charge on any atom is -0.362 e. The summed E-state index contributed by atoms with van der Waals surface area (Å²) in [5.41, 5.74) is 5.46. The smallest absolute Gasteiger partial charge is 0.296 e. The molecule has 1 aliphatic heterocycles. The summed E-state index contributed by atoms with van der Waals surface area (Å²) in [6, 6.07) is 0. The van der Waals surface area contributed by atoms with Crippen molar-refractivity contribution in [3.8, 4) is 0 Å². The number of alkyl halides is 1. The maximum absolute atomic E-state index is 5.69. The number of aromatic nitrogens is 2. The van der Waals surface area contributed by atoms with Gasteiger partial charge in [0.1, 0.15) is 0 Å². The fourth-order valence-corrected chi connectivity index (χ4v) is 1.91. The lowest BCUT2D eigenvalue weighted by molar-refractivity contribution is -0.759. The third-order valence-electron chi connectivity index (χ3n) is 2.51. The first-order valence-electron chi connectivity index (χ1n) is 4.97. The van der Waals surface area contributed by atoms with E-state index in [1.165, 1.54) is 0 Å². The Morgan fingerprint density at radius 1 is 1.47 bits per heavy atom. The Hall–Kier alpha value is -1.01. The largest absolute Gasteiger partial charge is 0.362 e. The standard InChI is InChI=1S/C8H15ClN5O/c9-1-2-12-3-5-13(6-4-12)14-7-8(10)15-11-14/h7H,1-6,10H2/q+1. The Morgan fingerprint density at radius 3 is 2.73 bits per heavy atom. The summed E-state index contributed by atoms with van der Waals surface area (Å²) in [6.07, 6.45) is 1.68. The summed E-state index contributed by atoms with van der Waals surface area (Å²) in [6.45, 7) is 4.75. The van der Waals surface area contributed by atoms with Crippen LogP contribution in [0.3, 0.4) is 0 Å². The average Bonchev–Trinajstić information content (AvgIpc) is 2.67. The van der Waals surface area contributed by atoms with E-state index in [9.17, 15) is 0 Å². The van der Waals surface area contributed by atoms with Crippen LogP contribution in [0.4, 0.5) is 5.88 Å². The van der Waals surface area contributed by atoms with Crippen LogP contribution >= 0.6 is 11.6 Å². The van der Waals surface area contributed by atoms with Gasteiger partial charge in [-0.05, 0) is 0 Å². The number of rotatable bonds is 3. The van der Waals surface area contributed by atoms with E-state index in [0.717, 1.165) is 32.7 Å². The molecule has 0 radical (unpaired) electrons. The molecule has 84 valence electrons. The van der Waals surface area contributed by atoms with Gasteiger partial charge in [-0.3, -0.25) is 9.42 Å². The maximum atomic E-state index is 5.69. The predicted molar refractivity (Wildman–Crippen MR) is 56.2 cm³/mol. The second-order valence-corrected chi connectivity index (χ2v) is 3.89. The molecule has 0 amide bonds. The van der Waals surface area contributed by atoms with Crippen molar-refractivity contribution in [2.45, 2.75) is 0 Å². The van der Waals surface area contributed by atoms with Crippen molar-refractivity contribution in [3.63, 3.8) is 0 Å². The minimum atomic E-state index is 0.332. The quantitative estimate of drug-likeness (QED) is 0.537. The predicted octanol–water partition coefficient (Wildman–Crippen LogP) is -0.963. The highest BCUT2D eigenvalue weighted by Crippen LogP contribution is 1.98. The second-order valence-electron chi connectivity index (χ2n) is 3.51. The van der Waals surface area contributed by atoms with Gasteiger partial charge in [0.15, 0.2) is 0 Å². The molecule has 0 bridgehead atoms. The SMILES string of the molecule is Nc1c[n+](N2CCN(CCCl)CC2)no1. The second kappa shape index (κ2) is 4.67. The maximum Gasteiger partial charge on any atom is 0.296 e. The van der Waals surface area contributed by atoms with Crippen LogP contribution in [0.15, 0.2) is 10.7 Å². The molecule has 0 aliphatic carbocycles. The van der Waals surface area contributed by atoms with Crippen LogP contribution in [0.1, 0.15) is 0 Å². The lowest BCUT2D eigenvalue weighted by Crippen LogP contribution is -2.65. The first-order chi connectivity index (χ1) is 7.29. The van der Waals surface area contributed by atoms with Crippen LogP contribution in [0.5, 0.6) is 0 Å². The summed E-state index contributed by atoms with van der Waals surface area (Å²) in [5, 5.41) is 5.90. The Labute approximate surface area is 93.1 Å². The van der Waals surface area contributed by atoms with Gasteiger partial charge in [0.2, 0.25) is 5.27 Å². The Morgan fingerprint density at radius 2 is 2.20 bits per heavy atom. The van der Waals surface area contributed by atoms with Crippen molar-refractivity contribution in [3.05, 3.63) is 6.20 Å². The number of halogens is 1. The molecule has 0 unspecified atom stereocenters. The number of hydrogen-bond donors (Lipinski definition) is 1. The number of anilines is 1. The molecule has 0 aromatic carbocycles. The molecule has 0 saturated carbocycles.